The number of nitrogens with one attached hydrogen (secondary N) is 3. The SMILES string of the molecule is CC(=O)Nc1ccc(NC(=O)CSc2nc3scc(-c4ccc5c(c4)CCCC5)c3c(=O)[nH]2)cc1. The summed E-state index contributed by atoms with van der Waals surface area (Å²) < 4.78 is 0. The van der Waals surface area contributed by atoms with E-state index in [1.165, 1.54) is 54.0 Å². The molecule has 2 amide bonds. The van der Waals surface area contributed by atoms with E-state index in [1.807, 2.05) is 5.38 Å². The Bertz CT molecular complexity index is 1470. The highest BCUT2D eigenvalue weighted by molar-refractivity contribution is 7.99. The van der Waals surface area contributed by atoms with Crippen molar-refractivity contribution in [2.75, 3.05) is 16.4 Å². The van der Waals surface area contributed by atoms with E-state index in [0.29, 0.717) is 26.7 Å². The van der Waals surface area contributed by atoms with Gasteiger partial charge in [-0.25, -0.2) is 4.98 Å². The van der Waals surface area contributed by atoms with Gasteiger partial charge in [0.2, 0.25) is 11.8 Å². The van der Waals surface area contributed by atoms with E-state index in [4.69, 9.17) is 0 Å². The van der Waals surface area contributed by atoms with Crippen molar-refractivity contribution in [1.82, 2.24) is 9.97 Å². The van der Waals surface area contributed by atoms with Gasteiger partial charge in [-0.05, 0) is 66.6 Å². The molecule has 2 aromatic carbocycles. The lowest BCUT2D eigenvalue weighted by molar-refractivity contribution is -0.114. The van der Waals surface area contributed by atoms with Gasteiger partial charge in [-0.3, -0.25) is 14.4 Å². The highest BCUT2D eigenvalue weighted by Gasteiger charge is 2.16. The molecule has 35 heavy (non-hydrogen) atoms. The van der Waals surface area contributed by atoms with Crippen LogP contribution in [0.1, 0.15) is 30.9 Å². The van der Waals surface area contributed by atoms with Crippen molar-refractivity contribution in [3.63, 3.8) is 0 Å². The lowest BCUT2D eigenvalue weighted by Gasteiger charge is -2.16. The molecule has 5 rings (SSSR count). The van der Waals surface area contributed by atoms with Crippen molar-refractivity contribution in [2.45, 2.75) is 37.8 Å². The van der Waals surface area contributed by atoms with Crippen LogP contribution >= 0.6 is 23.1 Å². The molecule has 0 aliphatic heterocycles. The number of thioether (sulfide) groups is 1. The van der Waals surface area contributed by atoms with Gasteiger partial charge < -0.3 is 15.6 Å². The number of fused-ring (bicyclic) bond motifs is 2. The first-order valence-electron chi connectivity index (χ1n) is 11.4. The highest BCUT2D eigenvalue weighted by Crippen LogP contribution is 2.34. The zero-order valence-corrected chi connectivity index (χ0v) is 20.8. The minimum Gasteiger partial charge on any atom is -0.326 e. The Hall–Kier alpha value is -3.43. The van der Waals surface area contributed by atoms with E-state index in [0.717, 1.165) is 24.0 Å². The van der Waals surface area contributed by atoms with Crippen LogP contribution in [-0.4, -0.2) is 27.5 Å². The quantitative estimate of drug-likeness (QED) is 0.247. The van der Waals surface area contributed by atoms with E-state index >= 15 is 0 Å². The molecule has 178 valence electrons. The number of rotatable bonds is 6. The molecule has 4 aromatic rings. The van der Waals surface area contributed by atoms with Gasteiger partial charge in [-0.15, -0.1) is 11.3 Å². The lowest BCUT2D eigenvalue weighted by atomic mass is 9.89. The monoisotopic (exact) mass is 504 g/mol. The summed E-state index contributed by atoms with van der Waals surface area (Å²) >= 11 is 2.62. The maximum absolute atomic E-state index is 13.0. The zero-order valence-electron chi connectivity index (χ0n) is 19.1. The average Bonchev–Trinajstić information content (AvgIpc) is 3.28. The van der Waals surface area contributed by atoms with Crippen molar-refractivity contribution in [2.24, 2.45) is 0 Å². The summed E-state index contributed by atoms with van der Waals surface area (Å²) in [5.41, 5.74) is 5.82. The molecule has 0 atom stereocenters. The number of nitrogens with zero attached hydrogens (tertiary/aromatic N) is 1. The topological polar surface area (TPSA) is 104 Å². The van der Waals surface area contributed by atoms with Crippen LogP contribution in [0.5, 0.6) is 0 Å². The fourth-order valence-electron chi connectivity index (χ4n) is 4.28. The molecule has 0 unspecified atom stereocenters. The Morgan fingerprint density at radius 2 is 1.74 bits per heavy atom. The van der Waals surface area contributed by atoms with Crippen LogP contribution in [0.25, 0.3) is 21.3 Å². The second-order valence-electron chi connectivity index (χ2n) is 8.49. The first kappa shape index (κ1) is 23.3. The summed E-state index contributed by atoms with van der Waals surface area (Å²) in [7, 11) is 0. The Morgan fingerprint density at radius 3 is 2.49 bits per heavy atom. The van der Waals surface area contributed by atoms with Crippen LogP contribution in [0.2, 0.25) is 0 Å². The maximum atomic E-state index is 13.0. The minimum atomic E-state index is -0.217. The molecule has 0 radical (unpaired) electrons. The zero-order chi connectivity index (χ0) is 24.4. The normalized spacial score (nSPS) is 12.8. The number of aryl methyl sites for hydroxylation is 2. The van der Waals surface area contributed by atoms with Gasteiger partial charge in [0.1, 0.15) is 4.83 Å². The number of carbonyl (C=O) groups is 2. The van der Waals surface area contributed by atoms with Gasteiger partial charge in [0.25, 0.3) is 5.56 Å². The Kier molecular flexibility index (Phi) is 6.70. The molecule has 0 saturated carbocycles. The second-order valence-corrected chi connectivity index (χ2v) is 10.3. The molecule has 2 heterocycles. The van der Waals surface area contributed by atoms with Crippen LogP contribution in [-0.2, 0) is 22.4 Å². The third kappa shape index (κ3) is 5.31. The molecule has 2 aromatic heterocycles. The van der Waals surface area contributed by atoms with Crippen molar-refractivity contribution >= 4 is 56.5 Å². The number of aromatic nitrogens is 2. The van der Waals surface area contributed by atoms with Gasteiger partial charge in [0.15, 0.2) is 5.16 Å². The maximum Gasteiger partial charge on any atom is 0.260 e. The number of amides is 2. The largest absolute Gasteiger partial charge is 0.326 e. The predicted octanol–water partition coefficient (Wildman–Crippen LogP) is 5.22. The summed E-state index contributed by atoms with van der Waals surface area (Å²) in [4.78, 5) is 44.5. The number of carbonyl (C=O) groups excluding carboxylic acids is 2. The van der Waals surface area contributed by atoms with Gasteiger partial charge in [-0.2, -0.15) is 0 Å². The number of thiophene rings is 1. The van der Waals surface area contributed by atoms with E-state index in [1.54, 1.807) is 24.3 Å². The summed E-state index contributed by atoms with van der Waals surface area (Å²) in [6, 6.07) is 13.4. The van der Waals surface area contributed by atoms with Crippen molar-refractivity contribution in [3.05, 3.63) is 69.3 Å². The van der Waals surface area contributed by atoms with Crippen LogP contribution in [0, 0.1) is 0 Å². The Morgan fingerprint density at radius 1 is 1.03 bits per heavy atom. The van der Waals surface area contributed by atoms with E-state index in [9.17, 15) is 14.4 Å². The van der Waals surface area contributed by atoms with Gasteiger partial charge in [0.05, 0.1) is 11.1 Å². The van der Waals surface area contributed by atoms with Gasteiger partial charge in [-0.1, -0.05) is 30.0 Å². The third-order valence-electron chi connectivity index (χ3n) is 5.91. The van der Waals surface area contributed by atoms with Crippen LogP contribution < -0.4 is 16.2 Å². The standard InChI is InChI=1S/C26H24N4O3S2/c1-15(31)27-19-8-10-20(11-9-19)28-22(32)14-35-26-29-24(33)23-21(13-34-25(23)30-26)18-7-6-16-4-2-3-5-17(16)12-18/h6-13H,2-5,14H2,1H3,(H,27,31)(H,28,32)(H,29,30,33). The number of hydrogen-bond donors (Lipinski definition) is 3. The van der Waals surface area contributed by atoms with Crippen molar-refractivity contribution in [3.8, 4) is 11.1 Å². The van der Waals surface area contributed by atoms with Crippen LogP contribution in [0.4, 0.5) is 11.4 Å². The van der Waals surface area contributed by atoms with Crippen molar-refractivity contribution in [1.29, 1.82) is 0 Å². The first-order valence-corrected chi connectivity index (χ1v) is 13.3. The smallest absolute Gasteiger partial charge is 0.260 e. The summed E-state index contributed by atoms with van der Waals surface area (Å²) in [6.07, 6.45) is 4.65. The highest BCUT2D eigenvalue weighted by atomic mass is 32.2. The Balaban J connectivity index is 1.28. The van der Waals surface area contributed by atoms with Gasteiger partial charge >= 0.3 is 0 Å². The molecular weight excluding hydrogens is 480 g/mol. The molecule has 0 saturated heterocycles. The predicted molar refractivity (Wildman–Crippen MR) is 142 cm³/mol. The van der Waals surface area contributed by atoms with Gasteiger partial charge in [0, 0.05) is 29.2 Å². The molecular formula is C26H24N4O3S2. The number of anilines is 2. The van der Waals surface area contributed by atoms with E-state index in [2.05, 4.69) is 38.8 Å². The third-order valence-corrected chi connectivity index (χ3v) is 7.66. The minimum absolute atomic E-state index is 0.102. The van der Waals surface area contributed by atoms with E-state index in [-0.39, 0.29) is 23.1 Å². The number of benzene rings is 2. The molecule has 7 nitrogen and oxygen atoms in total. The van der Waals surface area contributed by atoms with E-state index < -0.39 is 0 Å². The fourth-order valence-corrected chi connectivity index (χ4v) is 5.95. The number of hydrogen-bond acceptors (Lipinski definition) is 6. The van der Waals surface area contributed by atoms with Crippen LogP contribution in [0.3, 0.4) is 0 Å². The first-order chi connectivity index (χ1) is 17.0. The molecule has 0 spiro atoms. The summed E-state index contributed by atoms with van der Waals surface area (Å²) in [5, 5.41) is 8.49. The fraction of sp³-hybridized carbons (Fsp3) is 0.231. The van der Waals surface area contributed by atoms with Crippen LogP contribution in [0.15, 0.2) is 57.8 Å². The molecule has 9 heteroatoms. The second kappa shape index (κ2) is 10.1. The molecule has 0 fully saturated rings. The summed E-state index contributed by atoms with van der Waals surface area (Å²) in [6.45, 7) is 1.44. The van der Waals surface area contributed by atoms with Crippen molar-refractivity contribution < 1.29 is 9.59 Å². The Labute approximate surface area is 210 Å². The molecule has 1 aliphatic carbocycles. The number of H-pyrrole nitrogens is 1. The molecule has 3 N–H and O–H groups in total. The summed E-state index contributed by atoms with van der Waals surface area (Å²) in [5.74, 6) is -0.270. The molecule has 1 aliphatic rings. The average molecular weight is 505 g/mol. The molecule has 0 bridgehead atoms. The number of aromatic amines is 1. The lowest BCUT2D eigenvalue weighted by Crippen LogP contribution is -2.15.